The highest BCUT2D eigenvalue weighted by Gasteiger charge is 2.36. The molecule has 1 saturated heterocycles. The standard InChI is InChI=1S/C15H21NO2.ClH/c1-15(9-12-16-10-5-2-6-11-16)17-13-7-3-4-8-14(13)18-15;/h3-4,7-8H,2,5-6,9-12H2,1H3;1H. The van der Waals surface area contributed by atoms with Gasteiger partial charge >= 0.3 is 0 Å². The van der Waals surface area contributed by atoms with Gasteiger partial charge in [0.2, 0.25) is 5.79 Å². The SMILES string of the molecule is CC1(CCN2CCCCC2)Oc2ccccc2O1.Cl. The smallest absolute Gasteiger partial charge is 0.250 e. The van der Waals surface area contributed by atoms with Gasteiger partial charge in [0.25, 0.3) is 0 Å². The van der Waals surface area contributed by atoms with E-state index in [-0.39, 0.29) is 12.4 Å². The van der Waals surface area contributed by atoms with Crippen molar-refractivity contribution in [3.05, 3.63) is 24.3 Å². The molecule has 0 aliphatic carbocycles. The molecule has 2 heterocycles. The molecule has 19 heavy (non-hydrogen) atoms. The lowest BCUT2D eigenvalue weighted by molar-refractivity contribution is -0.0738. The number of hydrogen-bond acceptors (Lipinski definition) is 3. The van der Waals surface area contributed by atoms with Gasteiger partial charge in [0.1, 0.15) is 0 Å². The molecular weight excluding hydrogens is 262 g/mol. The summed E-state index contributed by atoms with van der Waals surface area (Å²) in [6.07, 6.45) is 4.96. The van der Waals surface area contributed by atoms with Gasteiger partial charge in [-0.05, 0) is 38.1 Å². The van der Waals surface area contributed by atoms with Crippen molar-refractivity contribution in [2.75, 3.05) is 19.6 Å². The molecule has 0 saturated carbocycles. The van der Waals surface area contributed by atoms with Crippen LogP contribution in [0.15, 0.2) is 24.3 Å². The fourth-order valence-corrected chi connectivity index (χ4v) is 2.75. The van der Waals surface area contributed by atoms with E-state index in [4.69, 9.17) is 9.47 Å². The maximum atomic E-state index is 5.94. The average Bonchev–Trinajstić information content (AvgIpc) is 2.74. The lowest BCUT2D eigenvalue weighted by Crippen LogP contribution is -2.40. The van der Waals surface area contributed by atoms with Crippen LogP contribution in [0.1, 0.15) is 32.6 Å². The van der Waals surface area contributed by atoms with Crippen molar-refractivity contribution in [2.45, 2.75) is 38.4 Å². The number of hydrogen-bond donors (Lipinski definition) is 0. The zero-order valence-corrected chi connectivity index (χ0v) is 12.2. The van der Waals surface area contributed by atoms with Crippen LogP contribution in [0, 0.1) is 0 Å². The van der Waals surface area contributed by atoms with Crippen LogP contribution in [0.3, 0.4) is 0 Å². The molecule has 106 valence electrons. The zero-order valence-electron chi connectivity index (χ0n) is 11.4. The first-order valence-corrected chi connectivity index (χ1v) is 6.95. The molecule has 0 bridgehead atoms. The molecule has 1 aromatic rings. The van der Waals surface area contributed by atoms with Crippen molar-refractivity contribution in [1.82, 2.24) is 4.90 Å². The van der Waals surface area contributed by atoms with Crippen LogP contribution in [-0.2, 0) is 0 Å². The summed E-state index contributed by atoms with van der Waals surface area (Å²) >= 11 is 0. The lowest BCUT2D eigenvalue weighted by Gasteiger charge is -2.30. The van der Waals surface area contributed by atoms with Crippen LogP contribution < -0.4 is 9.47 Å². The number of rotatable bonds is 3. The number of fused-ring (bicyclic) bond motifs is 1. The average molecular weight is 284 g/mol. The van der Waals surface area contributed by atoms with Gasteiger partial charge in [0.05, 0.1) is 0 Å². The minimum absolute atomic E-state index is 0. The van der Waals surface area contributed by atoms with Crippen LogP contribution >= 0.6 is 12.4 Å². The van der Waals surface area contributed by atoms with Gasteiger partial charge in [0, 0.05) is 19.9 Å². The highest BCUT2D eigenvalue weighted by molar-refractivity contribution is 5.85. The van der Waals surface area contributed by atoms with Crippen molar-refractivity contribution in [1.29, 1.82) is 0 Å². The van der Waals surface area contributed by atoms with Crippen molar-refractivity contribution in [3.8, 4) is 11.5 Å². The van der Waals surface area contributed by atoms with E-state index in [1.165, 1.54) is 32.4 Å². The van der Waals surface area contributed by atoms with Gasteiger partial charge in [-0.2, -0.15) is 0 Å². The molecule has 0 amide bonds. The molecule has 1 aromatic carbocycles. The molecule has 2 aliphatic rings. The third-order valence-corrected chi connectivity index (χ3v) is 3.83. The molecule has 0 spiro atoms. The Morgan fingerprint density at radius 3 is 2.21 bits per heavy atom. The summed E-state index contributed by atoms with van der Waals surface area (Å²) in [7, 11) is 0. The van der Waals surface area contributed by atoms with E-state index >= 15 is 0 Å². The maximum Gasteiger partial charge on any atom is 0.250 e. The number of para-hydroxylation sites is 2. The van der Waals surface area contributed by atoms with Crippen LogP contribution in [-0.4, -0.2) is 30.3 Å². The van der Waals surface area contributed by atoms with E-state index < -0.39 is 5.79 Å². The highest BCUT2D eigenvalue weighted by atomic mass is 35.5. The third kappa shape index (κ3) is 3.34. The van der Waals surface area contributed by atoms with Crippen molar-refractivity contribution >= 4 is 12.4 Å². The Hall–Kier alpha value is -0.930. The second-order valence-electron chi connectivity index (χ2n) is 5.44. The fourth-order valence-electron chi connectivity index (χ4n) is 2.75. The van der Waals surface area contributed by atoms with Crippen molar-refractivity contribution in [3.63, 3.8) is 0 Å². The second kappa shape index (κ2) is 6.02. The molecule has 1 fully saturated rings. The lowest BCUT2D eigenvalue weighted by atomic mass is 10.1. The topological polar surface area (TPSA) is 21.7 Å². The van der Waals surface area contributed by atoms with Gasteiger partial charge in [-0.1, -0.05) is 18.6 Å². The van der Waals surface area contributed by atoms with Crippen molar-refractivity contribution < 1.29 is 9.47 Å². The monoisotopic (exact) mass is 283 g/mol. The van der Waals surface area contributed by atoms with E-state index in [0.717, 1.165) is 24.5 Å². The van der Waals surface area contributed by atoms with Gasteiger partial charge < -0.3 is 14.4 Å². The van der Waals surface area contributed by atoms with Crippen LogP contribution in [0.4, 0.5) is 0 Å². The minimum atomic E-state index is -0.485. The Balaban J connectivity index is 0.00000133. The molecule has 0 atom stereocenters. The van der Waals surface area contributed by atoms with E-state index in [9.17, 15) is 0 Å². The quantitative estimate of drug-likeness (QED) is 0.848. The summed E-state index contributed by atoms with van der Waals surface area (Å²) in [5.74, 6) is 1.26. The van der Waals surface area contributed by atoms with Crippen LogP contribution in [0.2, 0.25) is 0 Å². The first-order chi connectivity index (χ1) is 8.75. The summed E-state index contributed by atoms with van der Waals surface area (Å²) in [6, 6.07) is 7.92. The number of likely N-dealkylation sites (tertiary alicyclic amines) is 1. The Morgan fingerprint density at radius 1 is 1.05 bits per heavy atom. The van der Waals surface area contributed by atoms with E-state index in [2.05, 4.69) is 4.90 Å². The summed E-state index contributed by atoms with van der Waals surface area (Å²) in [5.41, 5.74) is 0. The fraction of sp³-hybridized carbons (Fsp3) is 0.600. The Kier molecular flexibility index (Phi) is 4.58. The van der Waals surface area contributed by atoms with Crippen molar-refractivity contribution in [2.24, 2.45) is 0 Å². The van der Waals surface area contributed by atoms with E-state index in [0.29, 0.717) is 0 Å². The Bertz CT molecular complexity index is 393. The van der Waals surface area contributed by atoms with E-state index in [1.54, 1.807) is 0 Å². The summed E-state index contributed by atoms with van der Waals surface area (Å²) in [4.78, 5) is 2.52. The molecule has 0 aromatic heterocycles. The van der Waals surface area contributed by atoms with Gasteiger partial charge in [0.15, 0.2) is 11.5 Å². The molecule has 0 N–H and O–H groups in total. The normalized spacial score (nSPS) is 20.9. The predicted octanol–water partition coefficient (Wildman–Crippen LogP) is 3.47. The number of ether oxygens (including phenoxy) is 2. The summed E-state index contributed by atoms with van der Waals surface area (Å²) < 4.78 is 11.9. The molecular formula is C15H22ClNO2. The van der Waals surface area contributed by atoms with Gasteiger partial charge in [-0.25, -0.2) is 0 Å². The first kappa shape index (κ1) is 14.5. The molecule has 3 nitrogen and oxygen atoms in total. The number of piperidine rings is 1. The number of benzene rings is 1. The minimum Gasteiger partial charge on any atom is -0.449 e. The third-order valence-electron chi connectivity index (χ3n) is 3.83. The molecule has 3 rings (SSSR count). The van der Waals surface area contributed by atoms with Crippen LogP contribution in [0.25, 0.3) is 0 Å². The molecule has 0 unspecified atom stereocenters. The summed E-state index contributed by atoms with van der Waals surface area (Å²) in [5, 5.41) is 0. The predicted molar refractivity (Wildman–Crippen MR) is 78.3 cm³/mol. The largest absolute Gasteiger partial charge is 0.449 e. The molecule has 4 heteroatoms. The first-order valence-electron chi connectivity index (χ1n) is 6.95. The molecule has 0 radical (unpaired) electrons. The van der Waals surface area contributed by atoms with Gasteiger partial charge in [-0.3, -0.25) is 0 Å². The van der Waals surface area contributed by atoms with Gasteiger partial charge in [-0.15, -0.1) is 12.4 Å². The number of nitrogens with zero attached hydrogens (tertiary/aromatic N) is 1. The highest BCUT2D eigenvalue weighted by Crippen LogP contribution is 2.40. The second-order valence-corrected chi connectivity index (χ2v) is 5.44. The summed E-state index contributed by atoms with van der Waals surface area (Å²) in [6.45, 7) is 5.55. The Labute approximate surface area is 121 Å². The number of halogens is 1. The van der Waals surface area contributed by atoms with Crippen LogP contribution in [0.5, 0.6) is 11.5 Å². The maximum absolute atomic E-state index is 5.94. The Morgan fingerprint density at radius 2 is 1.63 bits per heavy atom. The molecule has 2 aliphatic heterocycles. The zero-order chi connectivity index (χ0) is 12.4. The van der Waals surface area contributed by atoms with E-state index in [1.807, 2.05) is 31.2 Å².